The van der Waals surface area contributed by atoms with Crippen LogP contribution in [0.25, 0.3) is 0 Å². The second kappa shape index (κ2) is 7.41. The highest BCUT2D eigenvalue weighted by Crippen LogP contribution is 2.05. The van der Waals surface area contributed by atoms with Crippen molar-refractivity contribution in [3.63, 3.8) is 0 Å². The van der Waals surface area contributed by atoms with E-state index >= 15 is 0 Å². The average molecular weight is 273 g/mol. The Hall–Kier alpha value is -1.04. The molecule has 1 aliphatic rings. The number of nitrogens with zero attached hydrogens (tertiary/aromatic N) is 2. The molecule has 18 heavy (non-hydrogen) atoms. The minimum atomic E-state index is -0.224. The van der Waals surface area contributed by atoms with Crippen molar-refractivity contribution < 1.29 is 9.53 Å². The summed E-state index contributed by atoms with van der Waals surface area (Å²) in [5.74, 6) is 0. The Labute approximate surface area is 114 Å². The number of carbonyl (C=O) groups is 1. The fourth-order valence-corrected chi connectivity index (χ4v) is 2.09. The van der Waals surface area contributed by atoms with Gasteiger partial charge in [0.05, 0.1) is 6.61 Å². The number of thiocarbonyl (C=S) groups is 1. The summed E-state index contributed by atoms with van der Waals surface area (Å²) in [6.07, 6.45) is 0.820. The minimum Gasteiger partial charge on any atom is -0.450 e. The molecule has 0 aromatic rings. The lowest BCUT2D eigenvalue weighted by molar-refractivity contribution is 0.0918. The molecule has 6 heteroatoms. The first-order chi connectivity index (χ1) is 8.58. The summed E-state index contributed by atoms with van der Waals surface area (Å²) in [7, 11) is 0. The molecule has 1 fully saturated rings. The second-order valence-corrected chi connectivity index (χ2v) is 4.82. The molecule has 104 valence electrons. The van der Waals surface area contributed by atoms with Gasteiger partial charge in [-0.05, 0) is 32.5 Å². The van der Waals surface area contributed by atoms with Crippen molar-refractivity contribution in [3.05, 3.63) is 0 Å². The highest BCUT2D eigenvalue weighted by atomic mass is 32.1. The molecule has 1 aliphatic heterocycles. The molecule has 1 heterocycles. The zero-order valence-electron chi connectivity index (χ0n) is 11.4. The number of ether oxygens (including phenoxy) is 1. The fraction of sp³-hybridized carbons (Fsp3) is 0.833. The summed E-state index contributed by atoms with van der Waals surface area (Å²) in [6.45, 7) is 9.34. The number of carbonyl (C=O) groups excluding carboxylic acids is 1. The van der Waals surface area contributed by atoms with Gasteiger partial charge in [-0.15, -0.1) is 0 Å². The number of hydrogen-bond acceptors (Lipinski definition) is 3. The molecule has 0 aromatic carbocycles. The van der Waals surface area contributed by atoms with E-state index in [1.54, 1.807) is 4.90 Å². The standard InChI is InChI=1S/C12H23N3O2S/c1-4-10(3)13-11(18)14-6-8-15(9-7-14)12(16)17-5-2/h10H,4-9H2,1-3H3,(H,13,18)/t10-/m1/s1. The van der Waals surface area contributed by atoms with Crippen molar-refractivity contribution in [1.29, 1.82) is 0 Å². The van der Waals surface area contributed by atoms with Gasteiger partial charge in [-0.1, -0.05) is 6.92 Å². The monoisotopic (exact) mass is 273 g/mol. The summed E-state index contributed by atoms with van der Waals surface area (Å²) in [4.78, 5) is 15.4. The summed E-state index contributed by atoms with van der Waals surface area (Å²) in [6, 6.07) is 0.389. The Morgan fingerprint density at radius 2 is 1.83 bits per heavy atom. The summed E-state index contributed by atoms with van der Waals surface area (Å²) in [5.41, 5.74) is 0. The molecule has 0 aliphatic carbocycles. The second-order valence-electron chi connectivity index (χ2n) is 4.43. The van der Waals surface area contributed by atoms with E-state index in [9.17, 15) is 4.79 Å². The molecule has 1 saturated heterocycles. The lowest BCUT2D eigenvalue weighted by atomic mass is 10.2. The maximum atomic E-state index is 11.5. The molecular formula is C12H23N3O2S. The number of hydrogen-bond donors (Lipinski definition) is 1. The SMILES string of the molecule is CCOC(=O)N1CCN(C(=S)N[C@H](C)CC)CC1. The van der Waals surface area contributed by atoms with Crippen molar-refractivity contribution >= 4 is 23.4 Å². The van der Waals surface area contributed by atoms with Crippen molar-refractivity contribution in [2.24, 2.45) is 0 Å². The van der Waals surface area contributed by atoms with Crippen molar-refractivity contribution in [2.75, 3.05) is 32.8 Å². The van der Waals surface area contributed by atoms with Gasteiger partial charge in [0, 0.05) is 32.2 Å². The quantitative estimate of drug-likeness (QED) is 0.788. The zero-order valence-corrected chi connectivity index (χ0v) is 12.3. The Morgan fingerprint density at radius 1 is 1.28 bits per heavy atom. The van der Waals surface area contributed by atoms with Crippen LogP contribution in [0.1, 0.15) is 27.2 Å². The molecule has 0 radical (unpaired) electrons. The fourth-order valence-electron chi connectivity index (χ4n) is 1.71. The molecule has 5 nitrogen and oxygen atoms in total. The lowest BCUT2D eigenvalue weighted by Gasteiger charge is -2.36. The van der Waals surface area contributed by atoms with E-state index in [2.05, 4.69) is 24.1 Å². The van der Waals surface area contributed by atoms with Crippen molar-refractivity contribution in [2.45, 2.75) is 33.2 Å². The van der Waals surface area contributed by atoms with E-state index < -0.39 is 0 Å². The third kappa shape index (κ3) is 4.33. The first kappa shape index (κ1) is 15.0. The topological polar surface area (TPSA) is 44.8 Å². The number of nitrogens with one attached hydrogen (secondary N) is 1. The summed E-state index contributed by atoms with van der Waals surface area (Å²) in [5, 5.41) is 4.08. The summed E-state index contributed by atoms with van der Waals surface area (Å²) >= 11 is 5.35. The van der Waals surface area contributed by atoms with Crippen LogP contribution in [0.2, 0.25) is 0 Å². The molecule has 0 spiro atoms. The van der Waals surface area contributed by atoms with Gasteiger partial charge in [-0.25, -0.2) is 4.79 Å². The Morgan fingerprint density at radius 3 is 2.33 bits per heavy atom. The molecule has 1 rings (SSSR count). The number of rotatable bonds is 3. The average Bonchev–Trinajstić information content (AvgIpc) is 2.39. The van der Waals surface area contributed by atoms with Crippen molar-refractivity contribution in [1.82, 2.24) is 15.1 Å². The minimum absolute atomic E-state index is 0.224. The molecule has 0 unspecified atom stereocenters. The van der Waals surface area contributed by atoms with Crippen LogP contribution in [0, 0.1) is 0 Å². The van der Waals surface area contributed by atoms with Crippen LogP contribution in [0.15, 0.2) is 0 Å². The first-order valence-corrected chi connectivity index (χ1v) is 6.96. The van der Waals surface area contributed by atoms with Crippen LogP contribution >= 0.6 is 12.2 Å². The van der Waals surface area contributed by atoms with Gasteiger partial charge in [-0.3, -0.25) is 0 Å². The third-order valence-electron chi connectivity index (χ3n) is 3.08. The van der Waals surface area contributed by atoms with Crippen LogP contribution in [0.4, 0.5) is 4.79 Å². The highest BCUT2D eigenvalue weighted by molar-refractivity contribution is 7.80. The Balaban J connectivity index is 2.34. The normalized spacial score (nSPS) is 17.3. The van der Waals surface area contributed by atoms with E-state index in [4.69, 9.17) is 17.0 Å². The molecular weight excluding hydrogens is 250 g/mol. The van der Waals surface area contributed by atoms with Gasteiger partial charge in [0.2, 0.25) is 0 Å². The van der Waals surface area contributed by atoms with E-state index in [0.717, 1.165) is 24.6 Å². The molecule has 0 saturated carbocycles. The maximum absolute atomic E-state index is 11.5. The largest absolute Gasteiger partial charge is 0.450 e. The Kier molecular flexibility index (Phi) is 6.18. The molecule has 0 bridgehead atoms. The van der Waals surface area contributed by atoms with Crippen LogP contribution in [0.5, 0.6) is 0 Å². The Bertz CT molecular complexity index is 291. The van der Waals surface area contributed by atoms with Gasteiger partial charge >= 0.3 is 6.09 Å². The molecule has 0 aromatic heterocycles. The third-order valence-corrected chi connectivity index (χ3v) is 3.45. The van der Waals surface area contributed by atoms with Crippen LogP contribution in [-0.2, 0) is 4.74 Å². The predicted molar refractivity (Wildman–Crippen MR) is 75.7 cm³/mol. The molecule has 1 atom stereocenters. The highest BCUT2D eigenvalue weighted by Gasteiger charge is 2.23. The van der Waals surface area contributed by atoms with E-state index in [-0.39, 0.29) is 6.09 Å². The van der Waals surface area contributed by atoms with E-state index in [0.29, 0.717) is 25.7 Å². The lowest BCUT2D eigenvalue weighted by Crippen LogP contribution is -2.54. The molecule has 1 N–H and O–H groups in total. The maximum Gasteiger partial charge on any atom is 0.409 e. The van der Waals surface area contributed by atoms with Gasteiger partial charge in [-0.2, -0.15) is 0 Å². The van der Waals surface area contributed by atoms with Gasteiger partial charge in [0.1, 0.15) is 0 Å². The zero-order chi connectivity index (χ0) is 13.5. The first-order valence-electron chi connectivity index (χ1n) is 6.55. The number of piperazine rings is 1. The van der Waals surface area contributed by atoms with Crippen LogP contribution in [0.3, 0.4) is 0 Å². The van der Waals surface area contributed by atoms with E-state index in [1.165, 1.54) is 0 Å². The number of amides is 1. The van der Waals surface area contributed by atoms with Crippen LogP contribution < -0.4 is 5.32 Å². The smallest absolute Gasteiger partial charge is 0.409 e. The molecule has 1 amide bonds. The predicted octanol–water partition coefficient (Wildman–Crippen LogP) is 1.43. The van der Waals surface area contributed by atoms with E-state index in [1.807, 2.05) is 6.92 Å². The van der Waals surface area contributed by atoms with Gasteiger partial charge in [0.25, 0.3) is 0 Å². The van der Waals surface area contributed by atoms with Crippen LogP contribution in [-0.4, -0.2) is 59.8 Å². The van der Waals surface area contributed by atoms with Gasteiger partial charge in [0.15, 0.2) is 5.11 Å². The van der Waals surface area contributed by atoms with Crippen molar-refractivity contribution in [3.8, 4) is 0 Å². The van der Waals surface area contributed by atoms with Gasteiger partial charge < -0.3 is 19.9 Å². The summed E-state index contributed by atoms with van der Waals surface area (Å²) < 4.78 is 4.98.